The number of hydrogen-bond acceptors (Lipinski definition) is 5. The summed E-state index contributed by atoms with van der Waals surface area (Å²) in [6.45, 7) is 5.80. The number of hydrogen-bond donors (Lipinski definition) is 0. The molecule has 0 aliphatic heterocycles. The molecule has 0 atom stereocenters. The van der Waals surface area contributed by atoms with Gasteiger partial charge in [-0.3, -0.25) is 0 Å². The number of carbonyl (C=O) groups excluding carboxylic acids is 1. The van der Waals surface area contributed by atoms with E-state index in [0.717, 1.165) is 38.6 Å². The van der Waals surface area contributed by atoms with Crippen molar-refractivity contribution in [2.75, 3.05) is 13.2 Å². The Balaban J connectivity index is 1.63. The van der Waals surface area contributed by atoms with Gasteiger partial charge in [-0.25, -0.2) is 0 Å². The van der Waals surface area contributed by atoms with E-state index >= 15 is 0 Å². The number of nitrogens with zero attached hydrogens (tertiary/aromatic N) is 1. The van der Waals surface area contributed by atoms with Crippen molar-refractivity contribution in [3.8, 4) is 16.3 Å². The summed E-state index contributed by atoms with van der Waals surface area (Å²) in [6.07, 6.45) is -4.34. The van der Waals surface area contributed by atoms with Crippen LogP contribution in [-0.2, 0) is 21.0 Å². The van der Waals surface area contributed by atoms with Gasteiger partial charge >= 0.3 is 195 Å². The number of esters is 1. The van der Waals surface area contributed by atoms with Crippen LogP contribution < -0.4 is 9.20 Å². The zero-order chi connectivity index (χ0) is 23.3. The van der Waals surface area contributed by atoms with Crippen molar-refractivity contribution >= 4 is 36.7 Å². The van der Waals surface area contributed by atoms with Crippen molar-refractivity contribution < 1.29 is 27.4 Å². The van der Waals surface area contributed by atoms with Gasteiger partial charge in [-0.2, -0.15) is 0 Å². The number of benzene rings is 2. The van der Waals surface area contributed by atoms with E-state index in [1.54, 1.807) is 6.92 Å². The van der Waals surface area contributed by atoms with Gasteiger partial charge in [0, 0.05) is 0 Å². The average Bonchev–Trinajstić information content (AvgIpc) is 3.12. The molecule has 0 aliphatic rings. The monoisotopic (exact) mass is 529 g/mol. The summed E-state index contributed by atoms with van der Waals surface area (Å²) in [5, 5.41) is 1.56. The molecule has 0 saturated heterocycles. The van der Waals surface area contributed by atoms with Crippen molar-refractivity contribution in [3.63, 3.8) is 0 Å². The Morgan fingerprint density at radius 2 is 1.84 bits per heavy atom. The van der Waals surface area contributed by atoms with E-state index in [-0.39, 0.29) is 21.6 Å². The number of carbonyl (C=O) groups is 1. The molecule has 0 spiro atoms. The summed E-state index contributed by atoms with van der Waals surface area (Å²) < 4.78 is 49.9. The third-order valence-electron chi connectivity index (χ3n) is 4.52. The van der Waals surface area contributed by atoms with Crippen LogP contribution >= 0.6 is 11.3 Å². The van der Waals surface area contributed by atoms with E-state index in [2.05, 4.69) is 4.98 Å². The fourth-order valence-electron chi connectivity index (χ4n) is 2.85. The fourth-order valence-corrected chi connectivity index (χ4v) is 6.40. The van der Waals surface area contributed by atoms with Crippen LogP contribution in [0.2, 0.25) is 0 Å². The van der Waals surface area contributed by atoms with Crippen molar-refractivity contribution in [3.05, 3.63) is 64.2 Å². The summed E-state index contributed by atoms with van der Waals surface area (Å²) in [5.74, 6) is 0.251. The predicted molar refractivity (Wildman–Crippen MR) is 120 cm³/mol. The van der Waals surface area contributed by atoms with Crippen molar-refractivity contribution in [1.29, 1.82) is 0 Å². The molecule has 1 heterocycles. The zero-order valence-electron chi connectivity index (χ0n) is 17.8. The zero-order valence-corrected chi connectivity index (χ0v) is 20.3. The van der Waals surface area contributed by atoms with Gasteiger partial charge in [-0.15, -0.1) is 0 Å². The second-order valence-corrected chi connectivity index (χ2v) is 10.2. The topological polar surface area (TPSA) is 48.4 Å². The molecule has 3 rings (SSSR count). The quantitative estimate of drug-likeness (QED) is 0.308. The van der Waals surface area contributed by atoms with E-state index in [1.807, 2.05) is 32.0 Å². The number of aromatic nitrogens is 1. The molecule has 0 fully saturated rings. The maximum absolute atomic E-state index is 12.8. The van der Waals surface area contributed by atoms with Gasteiger partial charge in [-0.05, 0) is 0 Å². The summed E-state index contributed by atoms with van der Waals surface area (Å²) in [6, 6.07) is 11.0. The van der Waals surface area contributed by atoms with Gasteiger partial charge in [0.2, 0.25) is 0 Å². The standard InChI is InChI=1S/C23H22F3NO3SSe/c1-4-29-21(28)12-30-19-10-9-18(11-14(19)2)32-13-20-15(3)27-22(31-20)16-5-7-17(8-6-16)23(24,25)26/h5-11H,4,12-13H2,1-3H3. The summed E-state index contributed by atoms with van der Waals surface area (Å²) in [5.41, 5.74) is 1.87. The van der Waals surface area contributed by atoms with Crippen LogP contribution in [0.15, 0.2) is 42.5 Å². The summed E-state index contributed by atoms with van der Waals surface area (Å²) >= 11 is 1.67. The Hall–Kier alpha value is -2.35. The Bertz CT molecular complexity index is 1080. The van der Waals surface area contributed by atoms with Gasteiger partial charge in [0.25, 0.3) is 0 Å². The molecule has 0 saturated carbocycles. The molecule has 2 aromatic carbocycles. The predicted octanol–water partition coefficient (Wildman–Crippen LogP) is 4.92. The second kappa shape index (κ2) is 10.5. The fraction of sp³-hybridized carbons (Fsp3) is 0.304. The minimum atomic E-state index is -4.34. The van der Waals surface area contributed by atoms with Gasteiger partial charge < -0.3 is 0 Å². The average molecular weight is 528 g/mol. The van der Waals surface area contributed by atoms with E-state index in [0.29, 0.717) is 17.9 Å². The van der Waals surface area contributed by atoms with Gasteiger partial charge in [0.15, 0.2) is 0 Å². The van der Waals surface area contributed by atoms with E-state index in [9.17, 15) is 18.0 Å². The second-order valence-electron chi connectivity index (χ2n) is 6.91. The van der Waals surface area contributed by atoms with Crippen LogP contribution in [-0.4, -0.2) is 39.1 Å². The van der Waals surface area contributed by atoms with Crippen molar-refractivity contribution in [2.45, 2.75) is 32.3 Å². The summed E-state index contributed by atoms with van der Waals surface area (Å²) in [7, 11) is 0. The number of halogens is 3. The van der Waals surface area contributed by atoms with Crippen LogP contribution in [0, 0.1) is 13.8 Å². The number of aryl methyl sites for hydroxylation is 2. The molecule has 0 radical (unpaired) electrons. The Labute approximate surface area is 194 Å². The van der Waals surface area contributed by atoms with Crippen LogP contribution in [0.25, 0.3) is 10.6 Å². The van der Waals surface area contributed by atoms with E-state index < -0.39 is 17.7 Å². The first-order valence-electron chi connectivity index (χ1n) is 9.83. The normalized spacial score (nSPS) is 11.4. The first kappa shape index (κ1) is 24.3. The van der Waals surface area contributed by atoms with Gasteiger partial charge in [0.1, 0.15) is 0 Å². The van der Waals surface area contributed by atoms with Crippen molar-refractivity contribution in [1.82, 2.24) is 4.98 Å². The number of alkyl halides is 3. The van der Waals surface area contributed by atoms with Gasteiger partial charge in [0.05, 0.1) is 0 Å². The van der Waals surface area contributed by atoms with Crippen LogP contribution in [0.5, 0.6) is 5.75 Å². The van der Waals surface area contributed by atoms with Crippen LogP contribution in [0.1, 0.15) is 28.6 Å². The molecule has 32 heavy (non-hydrogen) atoms. The molecule has 0 amide bonds. The Kier molecular flexibility index (Phi) is 7.98. The first-order chi connectivity index (χ1) is 15.2. The van der Waals surface area contributed by atoms with Crippen LogP contribution in [0.4, 0.5) is 13.2 Å². The number of rotatable bonds is 8. The van der Waals surface area contributed by atoms with E-state index in [1.165, 1.54) is 27.9 Å². The molecular formula is C23H22F3NO3SSe. The SMILES string of the molecule is CCOC(=O)COc1ccc([Se]Cc2sc(-c3ccc(C(F)(F)F)cc3)nc2C)cc1C. The first-order valence-corrected chi connectivity index (χ1v) is 12.7. The number of ether oxygens (including phenoxy) is 2. The minimum absolute atomic E-state index is 0.119. The van der Waals surface area contributed by atoms with Crippen LogP contribution in [0.3, 0.4) is 0 Å². The molecule has 170 valence electrons. The van der Waals surface area contributed by atoms with Crippen molar-refractivity contribution in [2.24, 2.45) is 0 Å². The number of thiazole rings is 1. The molecule has 0 aliphatic carbocycles. The molecule has 4 nitrogen and oxygen atoms in total. The maximum atomic E-state index is 12.8. The molecule has 3 aromatic rings. The van der Waals surface area contributed by atoms with Gasteiger partial charge in [-0.1, -0.05) is 0 Å². The molecule has 9 heteroatoms. The molecule has 1 aromatic heterocycles. The molecular weight excluding hydrogens is 506 g/mol. The molecule has 0 N–H and O–H groups in total. The Morgan fingerprint density at radius 3 is 2.47 bits per heavy atom. The summed E-state index contributed by atoms with van der Waals surface area (Å²) in [4.78, 5) is 17.1. The molecule has 0 bridgehead atoms. The van der Waals surface area contributed by atoms with E-state index in [4.69, 9.17) is 9.47 Å². The molecule has 0 unspecified atom stereocenters. The Morgan fingerprint density at radius 1 is 1.12 bits per heavy atom. The third-order valence-corrected chi connectivity index (χ3v) is 8.28. The third kappa shape index (κ3) is 6.34.